The van der Waals surface area contributed by atoms with Crippen LogP contribution in [0.1, 0.15) is 28.7 Å². The predicted molar refractivity (Wildman–Crippen MR) is 75.6 cm³/mol. The lowest BCUT2D eigenvalue weighted by Gasteiger charge is -2.04. The largest absolute Gasteiger partial charge is 0.360 e. The summed E-state index contributed by atoms with van der Waals surface area (Å²) in [6.07, 6.45) is 4.29. The second-order valence-electron chi connectivity index (χ2n) is 3.98. The van der Waals surface area contributed by atoms with E-state index in [0.717, 1.165) is 18.5 Å². The van der Waals surface area contributed by atoms with Crippen molar-refractivity contribution in [3.8, 4) is 0 Å². The van der Waals surface area contributed by atoms with Gasteiger partial charge in [-0.3, -0.25) is 9.78 Å². The maximum absolute atomic E-state index is 12.0. The minimum absolute atomic E-state index is 0.266. The zero-order chi connectivity index (χ0) is 13.7. The number of rotatable bonds is 5. The molecule has 0 bridgehead atoms. The van der Waals surface area contributed by atoms with Crippen LogP contribution in [0.5, 0.6) is 0 Å². The highest BCUT2D eigenvalue weighted by Crippen LogP contribution is 2.18. The number of aryl methyl sites for hydroxylation is 1. The van der Waals surface area contributed by atoms with Crippen LogP contribution in [0, 0.1) is 6.92 Å². The van der Waals surface area contributed by atoms with Gasteiger partial charge >= 0.3 is 0 Å². The Hall–Kier alpha value is -2.02. The Morgan fingerprint density at radius 2 is 2.26 bits per heavy atom. The van der Waals surface area contributed by atoms with E-state index in [0.29, 0.717) is 15.8 Å². The summed E-state index contributed by atoms with van der Waals surface area (Å²) < 4.78 is 0. The average Bonchev–Trinajstić information content (AvgIpc) is 2.88. The lowest BCUT2D eigenvalue weighted by Crippen LogP contribution is -2.12. The van der Waals surface area contributed by atoms with Crippen LogP contribution in [0.15, 0.2) is 18.5 Å². The summed E-state index contributed by atoms with van der Waals surface area (Å²) in [6, 6.07) is 1.84. The number of amides is 1. The van der Waals surface area contributed by atoms with Crippen molar-refractivity contribution in [2.75, 3.05) is 17.2 Å². The Morgan fingerprint density at radius 1 is 1.42 bits per heavy atom. The zero-order valence-corrected chi connectivity index (χ0v) is 11.6. The van der Waals surface area contributed by atoms with Crippen LogP contribution in [0.4, 0.5) is 10.8 Å². The third-order valence-corrected chi connectivity index (χ3v) is 3.31. The first-order valence-electron chi connectivity index (χ1n) is 6.00. The number of hydrogen-bond acceptors (Lipinski definition) is 6. The summed E-state index contributed by atoms with van der Waals surface area (Å²) in [5.41, 5.74) is 1.64. The molecule has 0 unspecified atom stereocenters. The fraction of sp³-hybridized carbons (Fsp3) is 0.333. The molecule has 0 aromatic carbocycles. The van der Waals surface area contributed by atoms with E-state index in [9.17, 15) is 4.79 Å². The Balaban J connectivity index is 2.04. The zero-order valence-electron chi connectivity index (χ0n) is 10.8. The summed E-state index contributed by atoms with van der Waals surface area (Å²) >= 11 is 1.24. The Morgan fingerprint density at radius 3 is 3.00 bits per heavy atom. The van der Waals surface area contributed by atoms with Crippen molar-refractivity contribution in [3.05, 3.63) is 29.0 Å². The van der Waals surface area contributed by atoms with E-state index >= 15 is 0 Å². The fourth-order valence-corrected chi connectivity index (χ4v) is 2.05. The van der Waals surface area contributed by atoms with Crippen molar-refractivity contribution in [2.45, 2.75) is 20.3 Å². The molecule has 1 amide bonds. The van der Waals surface area contributed by atoms with Crippen LogP contribution in [0.25, 0.3) is 0 Å². The summed E-state index contributed by atoms with van der Waals surface area (Å²) in [5, 5.41) is 14.7. The molecule has 2 heterocycles. The maximum atomic E-state index is 12.0. The van der Waals surface area contributed by atoms with E-state index < -0.39 is 0 Å². The topological polar surface area (TPSA) is 79.8 Å². The first kappa shape index (κ1) is 13.4. The molecule has 0 saturated heterocycles. The van der Waals surface area contributed by atoms with Crippen LogP contribution in [-0.4, -0.2) is 27.6 Å². The summed E-state index contributed by atoms with van der Waals surface area (Å²) in [5.74, 6) is -0.266. The lowest BCUT2D eigenvalue weighted by atomic mass is 10.2. The lowest BCUT2D eigenvalue weighted by molar-refractivity contribution is 0.102. The maximum Gasteiger partial charge on any atom is 0.286 e. The molecule has 0 aliphatic rings. The molecule has 100 valence electrons. The van der Waals surface area contributed by atoms with Gasteiger partial charge < -0.3 is 10.6 Å². The van der Waals surface area contributed by atoms with Gasteiger partial charge in [-0.25, -0.2) is 0 Å². The number of aromatic nitrogens is 3. The fourth-order valence-electron chi connectivity index (χ4n) is 1.39. The molecule has 0 atom stereocenters. The number of nitrogens with one attached hydrogen (secondary N) is 2. The summed E-state index contributed by atoms with van der Waals surface area (Å²) in [6.45, 7) is 4.79. The van der Waals surface area contributed by atoms with Crippen LogP contribution >= 0.6 is 11.3 Å². The van der Waals surface area contributed by atoms with Crippen molar-refractivity contribution in [1.29, 1.82) is 0 Å². The van der Waals surface area contributed by atoms with Gasteiger partial charge in [0.2, 0.25) is 10.1 Å². The van der Waals surface area contributed by atoms with Crippen molar-refractivity contribution < 1.29 is 4.79 Å². The molecule has 0 aliphatic heterocycles. The Kier molecular flexibility index (Phi) is 4.40. The van der Waals surface area contributed by atoms with Crippen molar-refractivity contribution >= 4 is 28.1 Å². The van der Waals surface area contributed by atoms with Gasteiger partial charge in [-0.1, -0.05) is 18.3 Å². The van der Waals surface area contributed by atoms with Gasteiger partial charge in [-0.2, -0.15) is 0 Å². The minimum Gasteiger partial charge on any atom is -0.360 e. The van der Waals surface area contributed by atoms with E-state index in [4.69, 9.17) is 0 Å². The predicted octanol–water partition coefficient (Wildman–Crippen LogP) is 2.32. The average molecular weight is 277 g/mol. The van der Waals surface area contributed by atoms with Gasteiger partial charge in [0.15, 0.2) is 0 Å². The van der Waals surface area contributed by atoms with E-state index in [-0.39, 0.29) is 5.91 Å². The first-order valence-corrected chi connectivity index (χ1v) is 6.81. The SMILES string of the molecule is CCCNc1nnc(C(=O)Nc2cnccc2C)s1. The van der Waals surface area contributed by atoms with E-state index in [1.807, 2.05) is 13.0 Å². The molecule has 0 saturated carbocycles. The molecule has 2 aromatic heterocycles. The van der Waals surface area contributed by atoms with Gasteiger partial charge in [0.05, 0.1) is 11.9 Å². The molecule has 19 heavy (non-hydrogen) atoms. The molecule has 0 radical (unpaired) electrons. The van der Waals surface area contributed by atoms with Crippen LogP contribution in [0.3, 0.4) is 0 Å². The van der Waals surface area contributed by atoms with E-state index in [2.05, 4.69) is 32.7 Å². The third-order valence-electron chi connectivity index (χ3n) is 2.43. The van der Waals surface area contributed by atoms with Crippen LogP contribution < -0.4 is 10.6 Å². The smallest absolute Gasteiger partial charge is 0.286 e. The van der Waals surface area contributed by atoms with Gasteiger partial charge in [0.25, 0.3) is 5.91 Å². The normalized spacial score (nSPS) is 10.2. The molecule has 7 heteroatoms. The monoisotopic (exact) mass is 277 g/mol. The molecule has 2 rings (SSSR count). The van der Waals surface area contributed by atoms with Crippen molar-refractivity contribution in [3.63, 3.8) is 0 Å². The molecule has 2 aromatic rings. The first-order chi connectivity index (χ1) is 9.20. The molecule has 0 fully saturated rings. The highest BCUT2D eigenvalue weighted by atomic mass is 32.1. The highest BCUT2D eigenvalue weighted by molar-refractivity contribution is 7.17. The number of carbonyl (C=O) groups is 1. The molecular formula is C12H15N5OS. The number of nitrogens with zero attached hydrogens (tertiary/aromatic N) is 3. The highest BCUT2D eigenvalue weighted by Gasteiger charge is 2.13. The standard InChI is InChI=1S/C12H15N5OS/c1-3-5-14-12-17-16-11(19-12)10(18)15-9-7-13-6-4-8(9)2/h4,6-7H,3,5H2,1-2H3,(H,14,17)(H,15,18). The van der Waals surface area contributed by atoms with Gasteiger partial charge in [-0.15, -0.1) is 10.2 Å². The molecule has 0 spiro atoms. The summed E-state index contributed by atoms with van der Waals surface area (Å²) in [4.78, 5) is 16.0. The summed E-state index contributed by atoms with van der Waals surface area (Å²) in [7, 11) is 0. The van der Waals surface area contributed by atoms with Gasteiger partial charge in [-0.05, 0) is 25.0 Å². The van der Waals surface area contributed by atoms with Crippen molar-refractivity contribution in [2.24, 2.45) is 0 Å². The van der Waals surface area contributed by atoms with E-state index in [1.165, 1.54) is 11.3 Å². The third kappa shape index (κ3) is 3.47. The quantitative estimate of drug-likeness (QED) is 0.876. The Bertz CT molecular complexity index is 569. The molecule has 2 N–H and O–H groups in total. The number of carbonyl (C=O) groups excluding carboxylic acids is 1. The number of hydrogen-bond donors (Lipinski definition) is 2. The molecular weight excluding hydrogens is 262 g/mol. The van der Waals surface area contributed by atoms with Gasteiger partial charge in [0, 0.05) is 12.7 Å². The molecule has 6 nitrogen and oxygen atoms in total. The van der Waals surface area contributed by atoms with Crippen LogP contribution in [0.2, 0.25) is 0 Å². The van der Waals surface area contributed by atoms with Gasteiger partial charge in [0.1, 0.15) is 0 Å². The van der Waals surface area contributed by atoms with E-state index in [1.54, 1.807) is 12.4 Å². The minimum atomic E-state index is -0.266. The number of pyridine rings is 1. The Labute approximate surface area is 115 Å². The number of anilines is 2. The van der Waals surface area contributed by atoms with Crippen molar-refractivity contribution in [1.82, 2.24) is 15.2 Å². The second kappa shape index (κ2) is 6.24. The molecule has 0 aliphatic carbocycles. The second-order valence-corrected chi connectivity index (χ2v) is 4.96. The van der Waals surface area contributed by atoms with Crippen LogP contribution in [-0.2, 0) is 0 Å².